The summed E-state index contributed by atoms with van der Waals surface area (Å²) in [5, 5.41) is 52.8. The molecule has 0 bridgehead atoms. The number of likely N-dealkylation sites (tertiary alicyclic amines) is 4. The normalized spacial score (nSPS) is 19.6. The van der Waals surface area contributed by atoms with Crippen LogP contribution >= 0.6 is 69.7 Å². The van der Waals surface area contributed by atoms with E-state index >= 15 is 0 Å². The zero-order valence-electron chi connectivity index (χ0n) is 79.6. The SMILES string of the molecule is CC(C)(C)OC(=O)N1CC/C(=C2/C(=O)Nc3ccc([N+](=O)[O-])cc32)C1.CC(C)(C)OC(=O)N1CCC(=O)C1.CC(C)(C)OC(=O)N1CCC(C2C(=O)Nc3ccc(N)cc32)C1.CC(C)(C)OC(=O)N1CCC(C2C(=O)Nc3ccc(N=C(N)c4cccs4)cc32)C1.CSC(=N)c1cccs1.I.NC(=Nc1ccc2c(c1)C(C1CCNC1)C(=O)N2)c1cccs1.O=C1Cc2cc([N+](=O)[O-])ccc2N1.[CH3-].[Pd]. The number of nitrogens with two attached hydrogens (primary N) is 3. The molecule has 13 heterocycles. The fourth-order valence-corrected chi connectivity index (χ4v) is 19.1. The van der Waals surface area contributed by atoms with E-state index in [-0.39, 0.29) is 160 Å². The van der Waals surface area contributed by atoms with Gasteiger partial charge in [0.25, 0.3) is 17.3 Å². The second-order valence-corrected chi connectivity index (χ2v) is 41.2. The predicted octanol–water partition coefficient (Wildman–Crippen LogP) is 17.8. The number of nitrogens with zero attached hydrogens (tertiary/aromatic N) is 8. The van der Waals surface area contributed by atoms with Crippen molar-refractivity contribution < 1.29 is 97.2 Å². The number of nitrogens with one attached hydrogen (secondary N) is 7. The Bertz CT molecular complexity index is 5990. The van der Waals surface area contributed by atoms with Gasteiger partial charge in [-0.2, -0.15) is 0 Å². The molecular formula is C97H118IN18O18PdS4-. The third-order valence-electron chi connectivity index (χ3n) is 22.7. The number of benzene rings is 5. The summed E-state index contributed by atoms with van der Waals surface area (Å²) in [7, 11) is 0. The number of Topliss-reactive ketones (excluding diaryl/α,β-unsaturated/α-hetero) is 1. The minimum atomic E-state index is -0.592. The van der Waals surface area contributed by atoms with Crippen LogP contribution in [0.15, 0.2) is 159 Å². The van der Waals surface area contributed by atoms with Gasteiger partial charge in [-0.15, -0.1) is 69.7 Å². The number of ether oxygens (including phenoxy) is 4. The van der Waals surface area contributed by atoms with Gasteiger partial charge < -0.3 is 95.1 Å². The first-order chi connectivity index (χ1) is 64.2. The number of thioether (sulfide) groups is 1. The third kappa shape index (κ3) is 29.8. The van der Waals surface area contributed by atoms with Crippen molar-refractivity contribution in [1.29, 1.82) is 5.41 Å². The Hall–Kier alpha value is -12.0. The van der Waals surface area contributed by atoms with Crippen LogP contribution in [0.1, 0.15) is 175 Å². The van der Waals surface area contributed by atoms with Crippen molar-refractivity contribution in [1.82, 2.24) is 24.9 Å². The molecule has 36 nitrogen and oxygen atoms in total. The molecule has 6 atom stereocenters. The van der Waals surface area contributed by atoms with E-state index in [4.69, 9.17) is 41.6 Å². The number of carbonyl (C=O) groups excluding carboxylic acids is 10. The first kappa shape index (κ1) is 111. The maximum Gasteiger partial charge on any atom is 0.410 e. The number of fused-ring (bicyclic) bond motifs is 5. The molecule has 0 radical (unpaired) electrons. The second-order valence-electron chi connectivity index (χ2n) is 37.5. The summed E-state index contributed by atoms with van der Waals surface area (Å²) in [6, 6.07) is 37.3. The molecule has 3 aromatic heterocycles. The Morgan fingerprint density at radius 2 is 0.921 bits per heavy atom. The number of hydrogen-bond donors (Lipinski definition) is 10. The van der Waals surface area contributed by atoms with Crippen LogP contribution in [0.25, 0.3) is 5.57 Å². The molecule has 746 valence electrons. The fraction of sp³-hybridized carbons (Fsp3) is 0.402. The van der Waals surface area contributed by atoms with Crippen molar-refractivity contribution in [3.63, 3.8) is 0 Å². The Morgan fingerprint density at radius 3 is 1.35 bits per heavy atom. The second kappa shape index (κ2) is 47.7. The van der Waals surface area contributed by atoms with E-state index < -0.39 is 44.4 Å². The summed E-state index contributed by atoms with van der Waals surface area (Å²) in [6.07, 6.45) is 4.24. The number of nitro groups is 2. The Kier molecular flexibility index (Phi) is 38.0. The van der Waals surface area contributed by atoms with Crippen molar-refractivity contribution in [3.05, 3.63) is 219 Å². The number of ketones is 1. The maximum absolute atomic E-state index is 12.7. The molecule has 5 fully saturated rings. The third-order valence-corrected chi connectivity index (χ3v) is 26.1. The monoisotopic (exact) mass is 2180 g/mol. The molecule has 13 N–H and O–H groups in total. The molecule has 139 heavy (non-hydrogen) atoms. The molecule has 10 aliphatic heterocycles. The molecule has 10 aliphatic rings. The van der Waals surface area contributed by atoms with E-state index in [9.17, 15) is 68.2 Å². The van der Waals surface area contributed by atoms with Gasteiger partial charge in [0, 0.05) is 137 Å². The molecule has 0 saturated carbocycles. The smallest absolute Gasteiger partial charge is 0.410 e. The van der Waals surface area contributed by atoms with Crippen LogP contribution in [0, 0.1) is 50.8 Å². The van der Waals surface area contributed by atoms with Gasteiger partial charge >= 0.3 is 24.4 Å². The molecule has 0 spiro atoms. The first-order valence-electron chi connectivity index (χ1n) is 44.3. The van der Waals surface area contributed by atoms with E-state index in [2.05, 4.69) is 41.9 Å². The first-order valence-corrected chi connectivity index (χ1v) is 48.1. The molecule has 8 aromatic rings. The number of thiophene rings is 3. The number of carbonyl (C=O) groups is 10. The van der Waals surface area contributed by atoms with Gasteiger partial charge in [0.1, 0.15) is 39.1 Å². The Morgan fingerprint density at radius 1 is 0.504 bits per heavy atom. The van der Waals surface area contributed by atoms with Gasteiger partial charge in [0.05, 0.1) is 72.1 Å². The number of rotatable bonds is 10. The van der Waals surface area contributed by atoms with E-state index in [1.165, 1.54) is 63.2 Å². The summed E-state index contributed by atoms with van der Waals surface area (Å²) in [6.45, 7) is 27.4. The van der Waals surface area contributed by atoms with Crippen LogP contribution in [0.2, 0.25) is 0 Å². The van der Waals surface area contributed by atoms with Crippen LogP contribution in [0.4, 0.5) is 76.1 Å². The van der Waals surface area contributed by atoms with Crippen LogP contribution in [-0.2, 0) is 74.6 Å². The van der Waals surface area contributed by atoms with Crippen LogP contribution in [-0.4, -0.2) is 200 Å². The standard InChI is InChI=1S/C22H26N4O3S.C17H18N4OS.C17H19N3O5.C17H23N3O3.C9H15NO3.C8H6N2O3.C6H7NS2.CH3.HI.Pd/c1-22(2,3)29-21(28)26-9-8-13(12-26)18-15-11-14(6-7-16(15)25-20(18)27)24-19(23)17-5-4-10-30-17;18-16(14-2-1-7-23-14)20-11-3-4-13-12(8-11)15(17(22)21-13)10-5-6-19-9-10;1-17(2,3)25-16(22)19-7-6-10(9-19)14-12-8-11(20(23)24)4-5-13(12)18-15(14)21;1-17(2,3)23-16(22)20-7-6-10(9-20)14-12-8-11(18)4-5-13(12)19-15(14)21;1-9(2,3)13-8(12)10-5-4-7(11)6-10;11-8-4-5-3-6(10(12)13)1-2-7(5)9-8;1-8-6(7)5-3-2-4-9-5;;;/h4-7,10-11,13,18H,8-9,12H2,1-3H3,(H2,23,24)(H,25,27);1-4,7-8,10,15,19H,5-6,9H2,(H2,18,20)(H,21,22);4-5,8H,6-7,9H2,1-3H3,(H,18,21);4-5,8,10,14H,6-7,9,18H2,1-3H3,(H,19,21);4-6H2,1-3H3;1-3H,4H2,(H,9,11);2-4,7H,1H3;1H3;1H;/q;;;;;;;-1;;/b;;14-10-;;;;;;;. The molecule has 5 saturated heterocycles. The summed E-state index contributed by atoms with van der Waals surface area (Å²) < 4.78 is 21.4. The summed E-state index contributed by atoms with van der Waals surface area (Å²) >= 11 is 6.19. The molecule has 6 unspecified atom stereocenters. The van der Waals surface area contributed by atoms with E-state index in [1.807, 2.05) is 170 Å². The van der Waals surface area contributed by atoms with Gasteiger partial charge in [-0.05, 0) is 275 Å². The number of halogens is 1. The van der Waals surface area contributed by atoms with Gasteiger partial charge in [-0.1, -0.05) is 18.2 Å². The Labute approximate surface area is 853 Å². The number of amidine groups is 2. The number of nitrogen functional groups attached to an aromatic ring is 1. The zero-order chi connectivity index (χ0) is 98.6. The number of amides is 9. The molecular weight excluding hydrogens is 2070 g/mol. The van der Waals surface area contributed by atoms with Crippen molar-refractivity contribution in [2.24, 2.45) is 39.2 Å². The number of non-ortho nitro benzene ring substituents is 2. The molecule has 9 amide bonds. The quantitative estimate of drug-likeness (QED) is 0.00581. The van der Waals surface area contributed by atoms with Crippen LogP contribution < -0.4 is 49.1 Å². The zero-order valence-corrected chi connectivity index (χ0v) is 86.8. The van der Waals surface area contributed by atoms with Gasteiger partial charge in [0.15, 0.2) is 5.78 Å². The van der Waals surface area contributed by atoms with E-state index in [0.717, 1.165) is 92.0 Å². The van der Waals surface area contributed by atoms with E-state index in [1.54, 1.807) is 65.4 Å². The average Bonchev–Trinajstić information content (AvgIpc) is 1.63. The number of anilines is 6. The maximum atomic E-state index is 12.7. The number of hydrogen-bond acceptors (Lipinski definition) is 27. The predicted molar refractivity (Wildman–Crippen MR) is 550 cm³/mol. The van der Waals surface area contributed by atoms with Gasteiger partial charge in [0.2, 0.25) is 23.6 Å². The summed E-state index contributed by atoms with van der Waals surface area (Å²) in [5.41, 5.74) is 27.1. The van der Waals surface area contributed by atoms with Crippen molar-refractivity contribution >= 4 is 209 Å². The molecule has 42 heteroatoms. The van der Waals surface area contributed by atoms with Crippen LogP contribution in [0.5, 0.6) is 0 Å². The van der Waals surface area contributed by atoms with Crippen LogP contribution in [0.3, 0.4) is 0 Å². The molecule has 0 aliphatic carbocycles. The van der Waals surface area contributed by atoms with Crippen molar-refractivity contribution in [3.8, 4) is 0 Å². The summed E-state index contributed by atoms with van der Waals surface area (Å²) in [5.74, 6) is 0.536. The Balaban J connectivity index is 0.000000186. The van der Waals surface area contributed by atoms with E-state index in [0.29, 0.717) is 114 Å². The largest absolute Gasteiger partial charge is 0.444 e. The molecule has 5 aromatic carbocycles. The van der Waals surface area contributed by atoms with Gasteiger partial charge in [-0.3, -0.25) is 54.4 Å². The minimum absolute atomic E-state index is 0. The minimum Gasteiger partial charge on any atom is -0.444 e. The average molecular weight is 2190 g/mol. The number of aliphatic imine (C=N–C) groups is 2. The van der Waals surface area contributed by atoms with Crippen molar-refractivity contribution in [2.75, 3.05) is 104 Å². The van der Waals surface area contributed by atoms with Crippen molar-refractivity contribution in [2.45, 2.75) is 162 Å². The van der Waals surface area contributed by atoms with Gasteiger partial charge in [-0.25, -0.2) is 29.2 Å². The fourth-order valence-electron chi connectivity index (χ4n) is 16.6. The number of nitro benzene ring substituents is 2. The summed E-state index contributed by atoms with van der Waals surface area (Å²) in [4.78, 5) is 158. The topological polar surface area (TPSA) is 506 Å². The molecule has 18 rings (SSSR count).